The normalized spacial score (nSPS) is 23.4. The highest BCUT2D eigenvalue weighted by Gasteiger charge is 2.54. The molecule has 0 atom stereocenters. The first-order valence-corrected chi connectivity index (χ1v) is 8.49. The van der Waals surface area contributed by atoms with Gasteiger partial charge in [0.05, 0.1) is 6.16 Å². The van der Waals surface area contributed by atoms with Crippen molar-refractivity contribution in [1.29, 1.82) is 0 Å². The van der Waals surface area contributed by atoms with Gasteiger partial charge in [0.15, 0.2) is 0 Å². The quantitative estimate of drug-likeness (QED) is 0.761. The van der Waals surface area contributed by atoms with Crippen LogP contribution in [0.2, 0.25) is 5.02 Å². The summed E-state index contributed by atoms with van der Waals surface area (Å²) in [6, 6.07) is 7.52. The zero-order valence-electron chi connectivity index (χ0n) is 11.8. The fourth-order valence-electron chi connectivity index (χ4n) is 1.94. The van der Waals surface area contributed by atoms with Crippen LogP contribution >= 0.6 is 19.2 Å². The minimum Gasteiger partial charge on any atom is -0.299 e. The van der Waals surface area contributed by atoms with Crippen LogP contribution in [0, 0.1) is 0 Å². The SMILES string of the molecule is CC1(C)OP(=O)(CCc2ccc(Cl)cc2)OC1(C)C. The van der Waals surface area contributed by atoms with Crippen LogP contribution in [0.25, 0.3) is 0 Å². The van der Waals surface area contributed by atoms with Crippen molar-refractivity contribution in [3.63, 3.8) is 0 Å². The molecule has 3 nitrogen and oxygen atoms in total. The highest BCUT2D eigenvalue weighted by molar-refractivity contribution is 7.54. The highest BCUT2D eigenvalue weighted by Crippen LogP contribution is 2.63. The van der Waals surface area contributed by atoms with Gasteiger partial charge in [0.1, 0.15) is 11.2 Å². The van der Waals surface area contributed by atoms with E-state index < -0.39 is 18.8 Å². The Morgan fingerprint density at radius 2 is 1.53 bits per heavy atom. The van der Waals surface area contributed by atoms with E-state index in [4.69, 9.17) is 20.6 Å². The number of hydrogen-bond acceptors (Lipinski definition) is 3. The molecule has 0 bridgehead atoms. The van der Waals surface area contributed by atoms with Crippen LogP contribution in [0.3, 0.4) is 0 Å². The van der Waals surface area contributed by atoms with E-state index in [0.717, 1.165) is 5.56 Å². The van der Waals surface area contributed by atoms with Crippen molar-refractivity contribution in [2.45, 2.75) is 45.3 Å². The first-order chi connectivity index (χ1) is 8.64. The summed E-state index contributed by atoms with van der Waals surface area (Å²) in [6.45, 7) is 7.65. The predicted molar refractivity (Wildman–Crippen MR) is 78.0 cm³/mol. The lowest BCUT2D eigenvalue weighted by Gasteiger charge is -2.29. The maximum atomic E-state index is 12.6. The van der Waals surface area contributed by atoms with Crippen LogP contribution < -0.4 is 0 Å². The second kappa shape index (κ2) is 4.89. The van der Waals surface area contributed by atoms with Crippen LogP contribution in [0.1, 0.15) is 33.3 Å². The second-order valence-corrected chi connectivity index (χ2v) is 8.38. The minimum atomic E-state index is -3.02. The zero-order valence-corrected chi connectivity index (χ0v) is 13.4. The Hall–Kier alpha value is -0.340. The van der Waals surface area contributed by atoms with Gasteiger partial charge in [0.25, 0.3) is 0 Å². The van der Waals surface area contributed by atoms with E-state index in [1.54, 1.807) is 0 Å². The smallest absolute Gasteiger partial charge is 0.299 e. The van der Waals surface area contributed by atoms with Gasteiger partial charge in [-0.15, -0.1) is 0 Å². The van der Waals surface area contributed by atoms with E-state index in [9.17, 15) is 4.57 Å². The Kier molecular flexibility index (Phi) is 3.88. The molecular formula is C14H20ClO3P. The number of benzene rings is 1. The highest BCUT2D eigenvalue weighted by atomic mass is 35.5. The van der Waals surface area contributed by atoms with Gasteiger partial charge >= 0.3 is 7.60 Å². The average Bonchev–Trinajstić information content (AvgIpc) is 2.43. The Labute approximate surface area is 119 Å². The minimum absolute atomic E-state index is 0.390. The molecule has 19 heavy (non-hydrogen) atoms. The van der Waals surface area contributed by atoms with Crippen molar-refractivity contribution in [1.82, 2.24) is 0 Å². The molecule has 106 valence electrons. The van der Waals surface area contributed by atoms with Gasteiger partial charge in [-0.2, -0.15) is 0 Å². The summed E-state index contributed by atoms with van der Waals surface area (Å²) >= 11 is 5.84. The predicted octanol–water partition coefficient (Wildman–Crippen LogP) is 4.68. The van der Waals surface area contributed by atoms with Gasteiger partial charge < -0.3 is 0 Å². The van der Waals surface area contributed by atoms with Gasteiger partial charge in [-0.05, 0) is 51.8 Å². The van der Waals surface area contributed by atoms with Crippen LogP contribution in [-0.2, 0) is 20.0 Å². The maximum absolute atomic E-state index is 12.6. The Balaban J connectivity index is 2.04. The van der Waals surface area contributed by atoms with E-state index in [2.05, 4.69) is 0 Å². The lowest BCUT2D eigenvalue weighted by atomic mass is 9.90. The first-order valence-electron chi connectivity index (χ1n) is 6.39. The van der Waals surface area contributed by atoms with Gasteiger partial charge in [-0.1, -0.05) is 23.7 Å². The van der Waals surface area contributed by atoms with Crippen LogP contribution in [0.5, 0.6) is 0 Å². The molecule has 1 aromatic carbocycles. The van der Waals surface area contributed by atoms with E-state index in [-0.39, 0.29) is 0 Å². The molecule has 2 rings (SSSR count). The summed E-state index contributed by atoms with van der Waals surface area (Å²) in [5.74, 6) is 0. The molecule has 0 saturated carbocycles. The molecule has 0 unspecified atom stereocenters. The number of aryl methyl sites for hydroxylation is 1. The third-order valence-corrected chi connectivity index (χ3v) is 6.26. The van der Waals surface area contributed by atoms with E-state index in [1.807, 2.05) is 52.0 Å². The van der Waals surface area contributed by atoms with Crippen LogP contribution in [0.4, 0.5) is 0 Å². The molecule has 0 spiro atoms. The number of rotatable bonds is 3. The summed E-state index contributed by atoms with van der Waals surface area (Å²) in [5.41, 5.74) is -0.000236. The topological polar surface area (TPSA) is 35.5 Å². The zero-order chi connectivity index (χ0) is 14.3. The van der Waals surface area contributed by atoms with Crippen molar-refractivity contribution in [2.24, 2.45) is 0 Å². The maximum Gasteiger partial charge on any atom is 0.332 e. The van der Waals surface area contributed by atoms with Crippen molar-refractivity contribution >= 4 is 19.2 Å². The van der Waals surface area contributed by atoms with Crippen molar-refractivity contribution in [3.05, 3.63) is 34.9 Å². The average molecular weight is 303 g/mol. The largest absolute Gasteiger partial charge is 0.332 e. The molecule has 0 radical (unpaired) electrons. The number of hydrogen-bond donors (Lipinski definition) is 0. The summed E-state index contributed by atoms with van der Waals surface area (Å²) < 4.78 is 24.0. The summed E-state index contributed by atoms with van der Waals surface area (Å²) in [7, 11) is -3.02. The molecular weight excluding hydrogens is 283 g/mol. The Bertz CT molecular complexity index is 488. The molecule has 0 aliphatic carbocycles. The third-order valence-electron chi connectivity index (χ3n) is 3.77. The molecule has 0 amide bonds. The fraction of sp³-hybridized carbons (Fsp3) is 0.571. The summed E-state index contributed by atoms with van der Waals surface area (Å²) in [4.78, 5) is 0. The molecule has 1 aromatic rings. The van der Waals surface area contributed by atoms with Crippen molar-refractivity contribution < 1.29 is 13.6 Å². The second-order valence-electron chi connectivity index (χ2n) is 5.91. The third kappa shape index (κ3) is 3.22. The van der Waals surface area contributed by atoms with E-state index >= 15 is 0 Å². The van der Waals surface area contributed by atoms with Crippen LogP contribution in [-0.4, -0.2) is 17.4 Å². The molecule has 1 fully saturated rings. The van der Waals surface area contributed by atoms with Crippen LogP contribution in [0.15, 0.2) is 24.3 Å². The Morgan fingerprint density at radius 1 is 1.05 bits per heavy atom. The monoisotopic (exact) mass is 302 g/mol. The molecule has 1 heterocycles. The first kappa shape index (κ1) is 15.1. The van der Waals surface area contributed by atoms with E-state index in [0.29, 0.717) is 17.6 Å². The van der Waals surface area contributed by atoms with E-state index in [1.165, 1.54) is 0 Å². The summed E-state index contributed by atoms with van der Waals surface area (Å²) in [5, 5.41) is 0.700. The van der Waals surface area contributed by atoms with Crippen molar-refractivity contribution in [3.8, 4) is 0 Å². The molecule has 5 heteroatoms. The van der Waals surface area contributed by atoms with Gasteiger partial charge in [-0.25, -0.2) is 0 Å². The molecule has 0 N–H and O–H groups in total. The van der Waals surface area contributed by atoms with Gasteiger partial charge in [-0.3, -0.25) is 13.6 Å². The summed E-state index contributed by atoms with van der Waals surface area (Å²) in [6.07, 6.45) is 1.04. The van der Waals surface area contributed by atoms with Gasteiger partial charge in [0, 0.05) is 5.02 Å². The standard InChI is InChI=1S/C14H20ClO3P/c1-13(2)14(3,4)18-19(16,17-13)10-9-11-5-7-12(15)8-6-11/h5-8H,9-10H2,1-4H3. The fourth-order valence-corrected chi connectivity index (χ4v) is 4.65. The molecule has 0 aromatic heterocycles. The number of halogens is 1. The molecule has 1 aliphatic heterocycles. The van der Waals surface area contributed by atoms with Gasteiger partial charge in [0.2, 0.25) is 0 Å². The lowest BCUT2D eigenvalue weighted by Crippen LogP contribution is -2.41. The lowest BCUT2D eigenvalue weighted by molar-refractivity contribution is 0.00578. The Morgan fingerprint density at radius 3 is 2.00 bits per heavy atom. The molecule has 1 aliphatic rings. The molecule has 1 saturated heterocycles. The van der Waals surface area contributed by atoms with Crippen molar-refractivity contribution in [2.75, 3.05) is 6.16 Å².